The molecular weight excluding hydrogens is 658 g/mol. The van der Waals surface area contributed by atoms with Crippen molar-refractivity contribution < 1.29 is 48.4 Å². The minimum absolute atomic E-state index is 0.0201. The van der Waals surface area contributed by atoms with Gasteiger partial charge in [-0.3, -0.25) is 19.2 Å². The Morgan fingerprint density at radius 1 is 1.14 bits per heavy atom. The maximum atomic E-state index is 14.4. The molecular formula is C38H51N3O10. The SMILES string of the molecule is C[C@H](O)[C@@H](NC(=O)[C@@]12C[C@H]3OC(=O)[C@@H]1N(Cc1cccc(C=C4CCC5O[C@]5(C)CC[C@@H]5[C@@H]4CC5(C)C)c1)O[C@@H]2[C@H]1OCO[C@H]13)C(=O)NCCO. The Kier molecular flexibility index (Phi) is 8.88. The van der Waals surface area contributed by atoms with Gasteiger partial charge in [0.2, 0.25) is 11.8 Å². The van der Waals surface area contributed by atoms with E-state index in [4.69, 9.17) is 23.8 Å². The summed E-state index contributed by atoms with van der Waals surface area (Å²) >= 11 is 0. The third kappa shape index (κ3) is 5.93. The van der Waals surface area contributed by atoms with Crippen molar-refractivity contribution in [2.45, 2.75) is 127 Å². The smallest absolute Gasteiger partial charge is 0.327 e. The molecule has 7 aliphatic rings. The average Bonchev–Trinajstić information content (AvgIpc) is 3.38. The molecule has 4 heterocycles. The number of ether oxygens (including phenoxy) is 4. The zero-order valence-corrected chi connectivity index (χ0v) is 29.8. The highest BCUT2D eigenvalue weighted by atomic mass is 16.8. The van der Waals surface area contributed by atoms with E-state index in [0.717, 1.165) is 30.4 Å². The predicted molar refractivity (Wildman–Crippen MR) is 181 cm³/mol. The van der Waals surface area contributed by atoms with Crippen molar-refractivity contribution >= 4 is 23.9 Å². The number of allylic oxidation sites excluding steroid dienone is 1. The Hall–Kier alpha value is -2.91. The summed E-state index contributed by atoms with van der Waals surface area (Å²) in [4.78, 5) is 47.8. The molecule has 1 aromatic carbocycles. The lowest BCUT2D eigenvalue weighted by atomic mass is 9.52. The first kappa shape index (κ1) is 35.1. The van der Waals surface area contributed by atoms with E-state index in [1.807, 2.05) is 12.1 Å². The number of fused-ring (bicyclic) bond motifs is 6. The fourth-order valence-electron chi connectivity index (χ4n) is 10.2. The van der Waals surface area contributed by atoms with Crippen LogP contribution in [0.2, 0.25) is 0 Å². The molecule has 13 heteroatoms. The zero-order valence-electron chi connectivity index (χ0n) is 29.8. The second-order valence-corrected chi connectivity index (χ2v) is 16.7. The highest BCUT2D eigenvalue weighted by Gasteiger charge is 2.75. The fraction of sp³-hybridized carbons (Fsp3) is 0.711. The average molecular weight is 710 g/mol. The summed E-state index contributed by atoms with van der Waals surface area (Å²) < 4.78 is 23.8. The molecule has 3 saturated carbocycles. The number of nitrogens with zero attached hydrogens (tertiary/aromatic N) is 1. The number of hydrogen-bond donors (Lipinski definition) is 4. The first-order valence-electron chi connectivity index (χ1n) is 18.6. The number of epoxide rings is 1. The maximum Gasteiger partial charge on any atom is 0.327 e. The van der Waals surface area contributed by atoms with Crippen LogP contribution in [0.15, 0.2) is 29.8 Å². The molecule has 0 spiro atoms. The predicted octanol–water partition coefficient (Wildman–Crippen LogP) is 1.98. The Bertz CT molecular complexity index is 1600. The normalized spacial score (nSPS) is 41.0. The number of amides is 2. The zero-order chi connectivity index (χ0) is 35.9. The van der Waals surface area contributed by atoms with Crippen LogP contribution in [-0.2, 0) is 44.7 Å². The molecule has 278 valence electrons. The molecule has 2 bridgehead atoms. The Balaban J connectivity index is 1.07. The first-order chi connectivity index (χ1) is 24.3. The molecule has 13 nitrogen and oxygen atoms in total. The molecule has 3 aliphatic carbocycles. The summed E-state index contributed by atoms with van der Waals surface area (Å²) in [6.07, 6.45) is 4.03. The number of aliphatic hydroxyl groups is 2. The number of aliphatic hydroxyl groups excluding tert-OH is 2. The highest BCUT2D eigenvalue weighted by Crippen LogP contribution is 2.60. The van der Waals surface area contributed by atoms with E-state index < -0.39 is 65.8 Å². The van der Waals surface area contributed by atoms with Gasteiger partial charge < -0.3 is 39.8 Å². The van der Waals surface area contributed by atoms with Gasteiger partial charge in [-0.15, -0.1) is 0 Å². The van der Waals surface area contributed by atoms with Crippen molar-refractivity contribution in [3.05, 3.63) is 41.0 Å². The topological polar surface area (TPSA) is 168 Å². The van der Waals surface area contributed by atoms with Gasteiger partial charge in [-0.1, -0.05) is 49.8 Å². The van der Waals surface area contributed by atoms with Gasteiger partial charge in [0.15, 0.2) is 6.04 Å². The van der Waals surface area contributed by atoms with Crippen LogP contribution in [0.5, 0.6) is 0 Å². The Labute approximate surface area is 298 Å². The van der Waals surface area contributed by atoms with Crippen molar-refractivity contribution in [2.24, 2.45) is 22.7 Å². The van der Waals surface area contributed by atoms with E-state index in [0.29, 0.717) is 23.4 Å². The molecule has 2 amide bonds. The van der Waals surface area contributed by atoms with E-state index in [-0.39, 0.29) is 38.5 Å². The number of nitrogens with one attached hydrogen (secondary N) is 2. The van der Waals surface area contributed by atoms with E-state index in [9.17, 15) is 24.6 Å². The van der Waals surface area contributed by atoms with E-state index >= 15 is 0 Å². The Morgan fingerprint density at radius 2 is 1.94 bits per heavy atom. The second-order valence-electron chi connectivity index (χ2n) is 16.7. The summed E-state index contributed by atoms with van der Waals surface area (Å²) in [6, 6.07) is 5.73. The van der Waals surface area contributed by atoms with E-state index in [2.05, 4.69) is 49.6 Å². The van der Waals surface area contributed by atoms with Gasteiger partial charge in [-0.2, -0.15) is 5.06 Å². The van der Waals surface area contributed by atoms with Crippen molar-refractivity contribution in [1.29, 1.82) is 0 Å². The number of carbonyl (C=O) groups is 3. The molecule has 0 radical (unpaired) electrons. The third-order valence-electron chi connectivity index (χ3n) is 13.0. The second kappa shape index (κ2) is 12.9. The lowest BCUT2D eigenvalue weighted by Gasteiger charge is -2.53. The van der Waals surface area contributed by atoms with E-state index in [1.54, 1.807) is 0 Å². The van der Waals surface area contributed by atoms with Gasteiger partial charge in [-0.05, 0) is 74.3 Å². The quantitative estimate of drug-likeness (QED) is 0.219. The van der Waals surface area contributed by atoms with Crippen molar-refractivity contribution in [3.63, 3.8) is 0 Å². The lowest BCUT2D eigenvalue weighted by molar-refractivity contribution is -0.201. The number of hydroxylamine groups is 2. The number of rotatable bonds is 9. The molecule has 51 heavy (non-hydrogen) atoms. The van der Waals surface area contributed by atoms with Crippen molar-refractivity contribution in [3.8, 4) is 0 Å². The third-order valence-corrected chi connectivity index (χ3v) is 13.0. The largest absolute Gasteiger partial charge is 0.458 e. The van der Waals surface area contributed by atoms with Crippen LogP contribution in [-0.4, -0.2) is 107 Å². The van der Waals surface area contributed by atoms with Crippen LogP contribution in [0.1, 0.15) is 77.3 Å². The van der Waals surface area contributed by atoms with Crippen LogP contribution in [0, 0.1) is 22.7 Å². The molecule has 4 saturated heterocycles. The standard InChI is InChI=1S/C38H51N3O10/c1-20(43)28(33(44)39-12-13-42)40-35(46)38-17-26-29-30(48-19-47-29)32(38)51-41(31(38)34(45)49-26)18-22-7-5-6-21(14-22)15-23-8-9-27-37(4,50-27)11-10-25-24(23)16-36(25,2)3/h5-7,14-15,20,24-32,42-43H,8-13,16-19H2,1-4H3,(H,39,44)(H,40,46)/t20-,24+,25+,26+,27?,28+,29-,30-,31-,32+,37+,38-/m0/s1. The molecule has 1 aromatic rings. The molecule has 7 fully saturated rings. The van der Waals surface area contributed by atoms with Crippen LogP contribution in [0.4, 0.5) is 0 Å². The Morgan fingerprint density at radius 3 is 2.71 bits per heavy atom. The minimum Gasteiger partial charge on any atom is -0.458 e. The molecule has 12 atom stereocenters. The first-order valence-corrected chi connectivity index (χ1v) is 18.6. The van der Waals surface area contributed by atoms with Crippen LogP contribution >= 0.6 is 0 Å². The van der Waals surface area contributed by atoms with Crippen LogP contribution in [0.3, 0.4) is 0 Å². The van der Waals surface area contributed by atoms with E-state index in [1.165, 1.54) is 30.4 Å². The van der Waals surface area contributed by atoms with Crippen LogP contribution in [0.25, 0.3) is 6.08 Å². The van der Waals surface area contributed by atoms with Gasteiger partial charge in [0.05, 0.1) is 31.0 Å². The molecule has 8 rings (SSSR count). The molecule has 4 aliphatic heterocycles. The summed E-state index contributed by atoms with van der Waals surface area (Å²) in [5.41, 5.74) is 2.28. The number of esters is 1. The lowest BCUT2D eigenvalue weighted by Crippen LogP contribution is -2.71. The molecule has 1 unspecified atom stereocenters. The van der Waals surface area contributed by atoms with Crippen molar-refractivity contribution in [2.75, 3.05) is 19.9 Å². The summed E-state index contributed by atoms with van der Waals surface area (Å²) in [5.74, 6) is -0.715. The van der Waals surface area contributed by atoms with Gasteiger partial charge in [0.1, 0.15) is 42.7 Å². The highest BCUT2D eigenvalue weighted by molar-refractivity contribution is 5.96. The summed E-state index contributed by atoms with van der Waals surface area (Å²) in [7, 11) is 0. The monoisotopic (exact) mass is 709 g/mol. The number of benzene rings is 1. The van der Waals surface area contributed by atoms with Gasteiger partial charge in [0.25, 0.3) is 0 Å². The van der Waals surface area contributed by atoms with Crippen LogP contribution < -0.4 is 10.6 Å². The molecule has 0 aromatic heterocycles. The maximum absolute atomic E-state index is 14.4. The summed E-state index contributed by atoms with van der Waals surface area (Å²) in [6.45, 7) is 8.24. The van der Waals surface area contributed by atoms with Crippen molar-refractivity contribution in [1.82, 2.24) is 15.7 Å². The van der Waals surface area contributed by atoms with Gasteiger partial charge >= 0.3 is 5.97 Å². The number of hydrogen-bond acceptors (Lipinski definition) is 11. The minimum atomic E-state index is -1.48. The number of carbonyl (C=O) groups excluding carboxylic acids is 3. The fourth-order valence-corrected chi connectivity index (χ4v) is 10.2. The summed E-state index contributed by atoms with van der Waals surface area (Å²) in [5, 5.41) is 26.4. The van der Waals surface area contributed by atoms with Gasteiger partial charge in [0, 0.05) is 13.0 Å². The molecule has 4 N–H and O–H groups in total. The van der Waals surface area contributed by atoms with Gasteiger partial charge in [-0.25, -0.2) is 0 Å².